The zero-order chi connectivity index (χ0) is 74.3. The zero-order valence-electron chi connectivity index (χ0n) is 58.1. The first-order chi connectivity index (χ1) is 48.5. The lowest BCUT2D eigenvalue weighted by atomic mass is 10.0. The molecule has 0 spiro atoms. The standard InChI is InChI=1S/C68H87N15O18/c1-69-56(84)40-30-44(60(88)72-4)52(97-8)48(33-40)64(92)77-20-24-82(25-21-78-65(93)49-34-41(57(85)70-2)31-45(53(49)98-9)61(89)73-5)28-29-83(26-22-79-66(94)50-35-42(58(86)71-3)32-46(54(50)99-10)62(90)74-6)27-23-80-67(95)51-37-43(36-47(55(51)100-11)63(91)75-7)59(87)76-18-15-19-81-68(96)101-38-39-16-13-12-14-17-39/h12-14,16-17,30-37H,15,18-29,38H2,1-11H3,(H,69,84)(H,70,85)(H,71,86)(H,72,88)(H,73,89)(H,74,90)(H,75,91)(H,76,87)(H,77,92)(H,78,93)(H,79,94)(H,80,95)(H,81,96). The Kier molecular flexibility index (Phi) is 31.7. The van der Waals surface area contributed by atoms with Gasteiger partial charge in [0.05, 0.1) is 72.9 Å². The first kappa shape index (κ1) is 79.8. The number of hydrogen-bond acceptors (Lipinski definition) is 20. The van der Waals surface area contributed by atoms with Crippen molar-refractivity contribution in [3.8, 4) is 23.0 Å². The third-order valence-electron chi connectivity index (χ3n) is 15.5. The van der Waals surface area contributed by atoms with Crippen molar-refractivity contribution in [3.05, 3.63) is 151 Å². The molecular formula is C68H87N15O18. The van der Waals surface area contributed by atoms with Gasteiger partial charge in [0.1, 0.15) is 29.6 Å². The van der Waals surface area contributed by atoms with E-state index in [1.807, 2.05) is 40.1 Å². The average molecular weight is 1400 g/mol. The number of carbonyl (C=O) groups excluding carboxylic acids is 13. The van der Waals surface area contributed by atoms with Gasteiger partial charge in [0.2, 0.25) is 0 Å². The molecule has 13 N–H and O–H groups in total. The number of methoxy groups -OCH3 is 4. The third-order valence-corrected chi connectivity index (χ3v) is 15.5. The normalized spacial score (nSPS) is 10.6. The number of carbonyl (C=O) groups is 13. The Hall–Kier alpha value is -11.9. The van der Waals surface area contributed by atoms with Crippen LogP contribution in [0.25, 0.3) is 0 Å². The van der Waals surface area contributed by atoms with Gasteiger partial charge in [0.15, 0.2) is 0 Å². The van der Waals surface area contributed by atoms with Crippen LogP contribution in [0.2, 0.25) is 0 Å². The van der Waals surface area contributed by atoms with E-state index in [1.165, 1.54) is 126 Å². The van der Waals surface area contributed by atoms with Gasteiger partial charge < -0.3 is 92.8 Å². The molecule has 542 valence electrons. The lowest BCUT2D eigenvalue weighted by molar-refractivity contribution is 0.0913. The minimum atomic E-state index is -0.767. The molecule has 5 aromatic rings. The maximum absolute atomic E-state index is 14.4. The quantitative estimate of drug-likeness (QED) is 0.0231. The van der Waals surface area contributed by atoms with E-state index in [2.05, 4.69) is 69.1 Å². The monoisotopic (exact) mass is 1400 g/mol. The van der Waals surface area contributed by atoms with Gasteiger partial charge in [0, 0.05) is 150 Å². The molecule has 0 radical (unpaired) electrons. The number of benzene rings is 5. The molecule has 0 aliphatic rings. The molecule has 0 saturated heterocycles. The maximum atomic E-state index is 14.4. The Bertz CT molecular complexity index is 3760. The fourth-order valence-corrected chi connectivity index (χ4v) is 10.2. The third kappa shape index (κ3) is 22.1. The lowest BCUT2D eigenvalue weighted by Gasteiger charge is -2.28. The van der Waals surface area contributed by atoms with Crippen molar-refractivity contribution >= 4 is 77.0 Å². The summed E-state index contributed by atoms with van der Waals surface area (Å²) in [6.45, 7) is 0.219. The molecular weight excluding hydrogens is 1310 g/mol. The summed E-state index contributed by atoms with van der Waals surface area (Å²) in [5.74, 6) is -8.57. The van der Waals surface area contributed by atoms with Crippen molar-refractivity contribution in [1.29, 1.82) is 0 Å². The zero-order valence-corrected chi connectivity index (χ0v) is 58.1. The Morgan fingerprint density at radius 1 is 0.297 bits per heavy atom. The van der Waals surface area contributed by atoms with E-state index in [-0.39, 0.29) is 181 Å². The van der Waals surface area contributed by atoms with Gasteiger partial charge in [-0.3, -0.25) is 67.3 Å². The van der Waals surface area contributed by atoms with Crippen LogP contribution >= 0.6 is 0 Å². The van der Waals surface area contributed by atoms with Crippen LogP contribution in [0.15, 0.2) is 78.9 Å². The van der Waals surface area contributed by atoms with Gasteiger partial charge >= 0.3 is 6.09 Å². The smallest absolute Gasteiger partial charge is 0.407 e. The summed E-state index contributed by atoms with van der Waals surface area (Å²) in [6.07, 6.45) is -0.376. The number of hydrogen-bond donors (Lipinski definition) is 13. The second kappa shape index (κ2) is 40.1. The number of ether oxygens (including phenoxy) is 5. The van der Waals surface area contributed by atoms with E-state index < -0.39 is 77.0 Å². The van der Waals surface area contributed by atoms with Gasteiger partial charge in [-0.05, 0) is 60.5 Å². The van der Waals surface area contributed by atoms with Crippen LogP contribution in [0.1, 0.15) is 136 Å². The van der Waals surface area contributed by atoms with Gasteiger partial charge in [-0.25, -0.2) is 4.79 Å². The molecule has 0 bridgehead atoms. The van der Waals surface area contributed by atoms with Crippen molar-refractivity contribution in [1.82, 2.24) is 78.9 Å². The van der Waals surface area contributed by atoms with E-state index in [0.717, 1.165) is 5.56 Å². The molecule has 5 aromatic carbocycles. The summed E-state index contributed by atoms with van der Waals surface area (Å²) >= 11 is 0. The van der Waals surface area contributed by atoms with E-state index in [1.54, 1.807) is 0 Å². The number of rotatable bonds is 37. The van der Waals surface area contributed by atoms with Crippen molar-refractivity contribution in [3.63, 3.8) is 0 Å². The van der Waals surface area contributed by atoms with Crippen molar-refractivity contribution in [2.24, 2.45) is 0 Å². The summed E-state index contributed by atoms with van der Waals surface area (Å²) in [5.41, 5.74) is -0.420. The second-order valence-electron chi connectivity index (χ2n) is 21.8. The number of nitrogens with one attached hydrogen (secondary N) is 13. The number of amides is 13. The summed E-state index contributed by atoms with van der Waals surface area (Å²) < 4.78 is 27.5. The molecule has 5 rings (SSSR count). The van der Waals surface area contributed by atoms with Crippen LogP contribution < -0.4 is 88.1 Å². The van der Waals surface area contributed by atoms with Crippen LogP contribution in [0.4, 0.5) is 4.79 Å². The predicted molar refractivity (Wildman–Crippen MR) is 370 cm³/mol. The molecule has 33 heteroatoms. The fraction of sp³-hybridized carbons (Fsp3) is 0.368. The Morgan fingerprint density at radius 3 is 0.812 bits per heavy atom. The SMILES string of the molecule is CNC(=O)c1cc(C(=O)NC)c(OC)c(C(=O)NCCN(CCNC(=O)c2cc(C(=O)NC)cc(C(=O)NC)c2OC)CCN(CCNC(=O)c2cc(C(=O)NC)cc(C(=O)NC)c2OC)CCNC(=O)c2cc(C(=O)NCCCNC(=O)OCc3ccccc3)cc(C(=O)NC)c2OC)c1. The molecule has 0 unspecified atom stereocenters. The van der Waals surface area contributed by atoms with E-state index in [4.69, 9.17) is 23.7 Å². The topological polar surface area (TPSA) is 431 Å². The largest absolute Gasteiger partial charge is 0.495 e. The van der Waals surface area contributed by atoms with E-state index >= 15 is 0 Å². The minimum Gasteiger partial charge on any atom is -0.495 e. The molecule has 0 aromatic heterocycles. The van der Waals surface area contributed by atoms with Gasteiger partial charge in [0.25, 0.3) is 70.9 Å². The number of alkyl carbamates (subject to hydrolysis) is 1. The molecule has 33 nitrogen and oxygen atoms in total. The van der Waals surface area contributed by atoms with Gasteiger partial charge in [-0.2, -0.15) is 0 Å². The highest BCUT2D eigenvalue weighted by Crippen LogP contribution is 2.30. The Labute approximate surface area is 583 Å². The molecule has 0 fully saturated rings. The second-order valence-corrected chi connectivity index (χ2v) is 21.8. The Morgan fingerprint density at radius 2 is 0.545 bits per heavy atom. The van der Waals surface area contributed by atoms with Gasteiger partial charge in [-0.1, -0.05) is 30.3 Å². The molecule has 101 heavy (non-hydrogen) atoms. The summed E-state index contributed by atoms with van der Waals surface area (Å²) in [6, 6.07) is 19.2. The first-order valence-electron chi connectivity index (χ1n) is 31.7. The molecule has 0 aliphatic carbocycles. The predicted octanol–water partition coefficient (Wildman–Crippen LogP) is -0.0917. The highest BCUT2D eigenvalue weighted by Gasteiger charge is 2.29. The van der Waals surface area contributed by atoms with Crippen LogP contribution in [0, 0.1) is 0 Å². The lowest BCUT2D eigenvalue weighted by Crippen LogP contribution is -2.46. The van der Waals surface area contributed by atoms with Crippen molar-refractivity contribution in [2.75, 3.05) is 156 Å². The molecule has 13 amide bonds. The Balaban J connectivity index is 1.47. The fourth-order valence-electron chi connectivity index (χ4n) is 10.2. The summed E-state index contributed by atoms with van der Waals surface area (Å²) in [7, 11) is 14.6. The minimum absolute atomic E-state index is 0.0191. The molecule has 0 saturated carbocycles. The highest BCUT2D eigenvalue weighted by molar-refractivity contribution is 6.11. The van der Waals surface area contributed by atoms with Gasteiger partial charge in [-0.15, -0.1) is 0 Å². The molecule has 0 atom stereocenters. The number of nitrogens with zero attached hydrogens (tertiary/aromatic N) is 2. The van der Waals surface area contributed by atoms with Crippen molar-refractivity contribution in [2.45, 2.75) is 13.0 Å². The van der Waals surface area contributed by atoms with Crippen LogP contribution in [0.3, 0.4) is 0 Å². The van der Waals surface area contributed by atoms with E-state index in [9.17, 15) is 62.3 Å². The summed E-state index contributed by atoms with van der Waals surface area (Å²) in [4.78, 5) is 178. The van der Waals surface area contributed by atoms with E-state index in [0.29, 0.717) is 0 Å². The molecule has 0 aliphatic heterocycles. The molecule has 0 heterocycles. The van der Waals surface area contributed by atoms with Crippen LogP contribution in [0.5, 0.6) is 23.0 Å². The maximum Gasteiger partial charge on any atom is 0.407 e. The van der Waals surface area contributed by atoms with Crippen LogP contribution in [-0.4, -0.2) is 243 Å². The van der Waals surface area contributed by atoms with Crippen LogP contribution in [-0.2, 0) is 11.3 Å². The summed E-state index contributed by atoms with van der Waals surface area (Å²) in [5, 5.41) is 34.0. The highest BCUT2D eigenvalue weighted by atomic mass is 16.5. The first-order valence-corrected chi connectivity index (χ1v) is 31.7. The average Bonchev–Trinajstić information content (AvgIpc) is 0.820. The van der Waals surface area contributed by atoms with Crippen molar-refractivity contribution < 1.29 is 86.0 Å².